The molecule has 0 amide bonds. The Labute approximate surface area is 122 Å². The van der Waals surface area contributed by atoms with E-state index in [9.17, 15) is 0 Å². The van der Waals surface area contributed by atoms with Crippen molar-refractivity contribution in [2.24, 2.45) is 0 Å². The van der Waals surface area contributed by atoms with Crippen LogP contribution in [0.15, 0.2) is 60.7 Å². The third-order valence-corrected chi connectivity index (χ3v) is 2.94. The van der Waals surface area contributed by atoms with E-state index in [-0.39, 0.29) is 13.8 Å². The minimum Gasteiger partial charge on any atom is -0.430 e. The Balaban J connectivity index is 0.000000221. The quantitative estimate of drug-likeness (QED) is 0.837. The summed E-state index contributed by atoms with van der Waals surface area (Å²) < 4.78 is 4.84. The lowest BCUT2D eigenvalue weighted by Crippen LogP contribution is -2.10. The molecule has 0 aromatic heterocycles. The fraction of sp³-hybridized carbons (Fsp3) is 0.294. The Morgan fingerprint density at radius 3 is 1.75 bits per heavy atom. The molecular weight excluding hydrogens is 247 g/mol. The predicted octanol–water partition coefficient (Wildman–Crippen LogP) is 3.80. The van der Waals surface area contributed by atoms with E-state index in [0.717, 1.165) is 12.8 Å². The van der Waals surface area contributed by atoms with Crippen LogP contribution in [-0.4, -0.2) is 18.8 Å². The molecule has 0 bridgehead atoms. The normalized spacial score (nSPS) is 11.2. The molecule has 2 nitrogen and oxygen atoms in total. The highest BCUT2D eigenvalue weighted by molar-refractivity contribution is 6.15. The van der Waals surface area contributed by atoms with E-state index >= 15 is 0 Å². The average Bonchev–Trinajstić information content (AvgIpc) is 2.50. The van der Waals surface area contributed by atoms with E-state index in [4.69, 9.17) is 9.68 Å². The van der Waals surface area contributed by atoms with Crippen LogP contribution in [0.25, 0.3) is 11.1 Å². The molecule has 2 aromatic carbocycles. The highest BCUT2D eigenvalue weighted by Gasteiger charge is 1.97. The van der Waals surface area contributed by atoms with E-state index in [1.54, 1.807) is 0 Å². The van der Waals surface area contributed by atoms with Gasteiger partial charge in [0.2, 0.25) is 0 Å². The van der Waals surface area contributed by atoms with Gasteiger partial charge in [0, 0.05) is 6.10 Å². The first-order valence-electron chi connectivity index (χ1n) is 7.10. The van der Waals surface area contributed by atoms with Crippen LogP contribution in [0, 0.1) is 0 Å². The Bertz CT molecular complexity index is 402. The third kappa shape index (κ3) is 6.55. The zero-order chi connectivity index (χ0) is 14.6. The molecule has 1 atom stereocenters. The van der Waals surface area contributed by atoms with Crippen molar-refractivity contribution in [3.63, 3.8) is 0 Å². The molecule has 106 valence electrons. The molecule has 0 fully saturated rings. The molecule has 0 saturated heterocycles. The largest absolute Gasteiger partial charge is 0.435 e. The molecular formula is C17H23BO2. The van der Waals surface area contributed by atoms with Gasteiger partial charge in [-0.2, -0.15) is 0 Å². The lowest BCUT2D eigenvalue weighted by Gasteiger charge is -2.07. The van der Waals surface area contributed by atoms with Crippen molar-refractivity contribution >= 4 is 7.69 Å². The van der Waals surface area contributed by atoms with Crippen molar-refractivity contribution in [2.75, 3.05) is 0 Å². The maximum absolute atomic E-state index is 8.24. The summed E-state index contributed by atoms with van der Waals surface area (Å²) in [4.78, 5) is 0. The van der Waals surface area contributed by atoms with E-state index in [1.807, 2.05) is 19.1 Å². The van der Waals surface area contributed by atoms with Gasteiger partial charge in [-0.15, -0.1) is 0 Å². The first kappa shape index (κ1) is 16.5. The van der Waals surface area contributed by atoms with Gasteiger partial charge < -0.3 is 9.68 Å². The van der Waals surface area contributed by atoms with Gasteiger partial charge in [-0.1, -0.05) is 74.0 Å². The van der Waals surface area contributed by atoms with E-state index < -0.39 is 0 Å². The smallest absolute Gasteiger partial charge is 0.430 e. The first-order chi connectivity index (χ1) is 9.77. The van der Waals surface area contributed by atoms with Crippen molar-refractivity contribution in [1.29, 1.82) is 0 Å². The summed E-state index contributed by atoms with van der Waals surface area (Å²) in [6, 6.07) is 20.8. The zero-order valence-electron chi connectivity index (χ0n) is 12.3. The first-order valence-corrected chi connectivity index (χ1v) is 7.10. The Hall–Kier alpha value is -1.58. The van der Waals surface area contributed by atoms with Gasteiger partial charge in [-0.25, -0.2) is 0 Å². The number of hydrogen-bond acceptors (Lipinski definition) is 2. The SMILES string of the molecule is CCCC(C)OBO.c1ccc(-c2ccccc2)cc1. The number of benzene rings is 2. The minimum absolute atomic E-state index is 0.152. The van der Waals surface area contributed by atoms with Crippen molar-refractivity contribution in [3.05, 3.63) is 60.7 Å². The van der Waals surface area contributed by atoms with Crippen molar-refractivity contribution in [1.82, 2.24) is 0 Å². The molecule has 2 aromatic rings. The second-order valence-corrected chi connectivity index (χ2v) is 4.63. The van der Waals surface area contributed by atoms with Gasteiger partial charge in [0.1, 0.15) is 0 Å². The molecule has 1 N–H and O–H groups in total. The Kier molecular flexibility index (Phi) is 8.44. The highest BCUT2D eigenvalue weighted by Crippen LogP contribution is 2.17. The Morgan fingerprint density at radius 1 is 0.950 bits per heavy atom. The van der Waals surface area contributed by atoms with Crippen LogP contribution in [0.2, 0.25) is 0 Å². The summed E-state index contributed by atoms with van der Waals surface area (Å²) in [7, 11) is -0.152. The maximum atomic E-state index is 8.24. The predicted molar refractivity (Wildman–Crippen MR) is 86.7 cm³/mol. The highest BCUT2D eigenvalue weighted by atomic mass is 16.5. The molecule has 0 heterocycles. The van der Waals surface area contributed by atoms with Crippen LogP contribution in [0.5, 0.6) is 0 Å². The van der Waals surface area contributed by atoms with Crippen LogP contribution in [0.3, 0.4) is 0 Å². The molecule has 20 heavy (non-hydrogen) atoms. The van der Waals surface area contributed by atoms with Gasteiger partial charge in [0.25, 0.3) is 0 Å². The van der Waals surface area contributed by atoms with E-state index in [0.29, 0.717) is 0 Å². The summed E-state index contributed by atoms with van der Waals surface area (Å²) in [5, 5.41) is 8.24. The number of hydrogen-bond donors (Lipinski definition) is 1. The summed E-state index contributed by atoms with van der Waals surface area (Å²) in [6.07, 6.45) is 2.35. The fourth-order valence-corrected chi connectivity index (χ4v) is 1.88. The second kappa shape index (κ2) is 10.2. The van der Waals surface area contributed by atoms with Crippen molar-refractivity contribution < 1.29 is 9.68 Å². The second-order valence-electron chi connectivity index (χ2n) is 4.63. The summed E-state index contributed by atoms with van der Waals surface area (Å²) in [5.41, 5.74) is 2.55. The van der Waals surface area contributed by atoms with Crippen LogP contribution in [0.1, 0.15) is 26.7 Å². The monoisotopic (exact) mass is 270 g/mol. The van der Waals surface area contributed by atoms with Gasteiger partial charge in [-0.05, 0) is 24.5 Å². The standard InChI is InChI=1S/C12H10.C5H13BO2/c1-3-7-11(8-4-1)12-9-5-2-6-10-12;1-3-4-5(2)8-6-7/h1-10H;5-7H,3-4H2,1-2H3. The van der Waals surface area contributed by atoms with E-state index in [2.05, 4.69) is 55.5 Å². The summed E-state index contributed by atoms with van der Waals surface area (Å²) in [5.74, 6) is 0. The molecule has 3 heteroatoms. The van der Waals surface area contributed by atoms with Gasteiger partial charge in [-0.3, -0.25) is 0 Å². The van der Waals surface area contributed by atoms with Gasteiger partial charge >= 0.3 is 7.69 Å². The number of rotatable bonds is 5. The van der Waals surface area contributed by atoms with Crippen LogP contribution in [-0.2, 0) is 4.65 Å². The van der Waals surface area contributed by atoms with Crippen LogP contribution >= 0.6 is 0 Å². The van der Waals surface area contributed by atoms with Crippen molar-refractivity contribution in [3.8, 4) is 11.1 Å². The average molecular weight is 270 g/mol. The molecule has 0 saturated carbocycles. The summed E-state index contributed by atoms with van der Waals surface area (Å²) in [6.45, 7) is 4.05. The lowest BCUT2D eigenvalue weighted by molar-refractivity contribution is 0.190. The Morgan fingerprint density at radius 2 is 1.40 bits per heavy atom. The fourth-order valence-electron chi connectivity index (χ4n) is 1.88. The maximum Gasteiger partial charge on any atom is 0.435 e. The zero-order valence-corrected chi connectivity index (χ0v) is 12.3. The lowest BCUT2D eigenvalue weighted by atomic mass is 10.1. The summed E-state index contributed by atoms with van der Waals surface area (Å²) >= 11 is 0. The third-order valence-electron chi connectivity index (χ3n) is 2.94. The van der Waals surface area contributed by atoms with Gasteiger partial charge in [0.15, 0.2) is 0 Å². The van der Waals surface area contributed by atoms with Crippen molar-refractivity contribution in [2.45, 2.75) is 32.8 Å². The molecule has 2 rings (SSSR count). The molecule has 0 spiro atoms. The minimum atomic E-state index is -0.152. The van der Waals surface area contributed by atoms with Gasteiger partial charge in [0.05, 0.1) is 0 Å². The molecule has 1 unspecified atom stereocenters. The molecule has 0 aliphatic carbocycles. The van der Waals surface area contributed by atoms with Crippen LogP contribution in [0.4, 0.5) is 0 Å². The van der Waals surface area contributed by atoms with Crippen LogP contribution < -0.4 is 0 Å². The molecule has 0 aliphatic rings. The topological polar surface area (TPSA) is 29.5 Å². The van der Waals surface area contributed by atoms with E-state index in [1.165, 1.54) is 11.1 Å². The molecule has 0 radical (unpaired) electrons. The molecule has 0 aliphatic heterocycles.